The van der Waals surface area contributed by atoms with Crippen LogP contribution in [0, 0.1) is 0 Å². The fraction of sp³-hybridized carbons (Fsp3) is 0.571. The van der Waals surface area contributed by atoms with Crippen LogP contribution in [-0.4, -0.2) is 17.5 Å². The molecule has 1 aromatic rings. The minimum atomic E-state index is 0.619. The molecular formula is C14H19NS. The summed E-state index contributed by atoms with van der Waals surface area (Å²) in [6.07, 6.45) is 5.28. The molecule has 2 unspecified atom stereocenters. The number of fused-ring (bicyclic) bond motifs is 1. The molecule has 2 aliphatic rings. The molecule has 0 bridgehead atoms. The average Bonchev–Trinajstić information content (AvgIpc) is 2.82. The summed E-state index contributed by atoms with van der Waals surface area (Å²) in [6.45, 7) is 0. The molecule has 1 aromatic carbocycles. The Morgan fingerprint density at radius 3 is 3.00 bits per heavy atom. The summed E-state index contributed by atoms with van der Waals surface area (Å²) in [7, 11) is 0. The first-order valence-corrected chi connectivity index (χ1v) is 7.50. The van der Waals surface area contributed by atoms with Gasteiger partial charge in [-0.05, 0) is 42.6 Å². The predicted molar refractivity (Wildman–Crippen MR) is 71.0 cm³/mol. The van der Waals surface area contributed by atoms with E-state index in [9.17, 15) is 0 Å². The summed E-state index contributed by atoms with van der Waals surface area (Å²) in [5.74, 6) is 2.64. The highest BCUT2D eigenvalue weighted by Gasteiger charge is 2.24. The number of hydrogen-bond donors (Lipinski definition) is 1. The molecule has 1 N–H and O–H groups in total. The Balaban J connectivity index is 1.76. The predicted octanol–water partition coefficient (Wildman–Crippen LogP) is 3.16. The van der Waals surface area contributed by atoms with E-state index in [1.807, 2.05) is 0 Å². The Labute approximate surface area is 102 Å². The van der Waals surface area contributed by atoms with Crippen molar-refractivity contribution in [2.24, 2.45) is 0 Å². The van der Waals surface area contributed by atoms with Gasteiger partial charge in [0.15, 0.2) is 0 Å². The first-order chi connectivity index (χ1) is 7.93. The maximum absolute atomic E-state index is 3.85. The molecule has 0 radical (unpaired) electrons. The molecule has 2 heteroatoms. The van der Waals surface area contributed by atoms with E-state index in [-0.39, 0.29) is 0 Å². The van der Waals surface area contributed by atoms with E-state index in [4.69, 9.17) is 0 Å². The molecular weight excluding hydrogens is 214 g/mol. The van der Waals surface area contributed by atoms with E-state index in [2.05, 4.69) is 41.3 Å². The van der Waals surface area contributed by atoms with Gasteiger partial charge < -0.3 is 5.32 Å². The molecule has 2 atom stereocenters. The van der Waals surface area contributed by atoms with Crippen LogP contribution in [0.25, 0.3) is 0 Å². The highest BCUT2D eigenvalue weighted by atomic mass is 32.2. The Kier molecular flexibility index (Phi) is 3.20. The summed E-state index contributed by atoms with van der Waals surface area (Å²) < 4.78 is 0. The normalized spacial score (nSPS) is 29.0. The van der Waals surface area contributed by atoms with Gasteiger partial charge in [-0.1, -0.05) is 24.3 Å². The monoisotopic (exact) mass is 233 g/mol. The zero-order valence-corrected chi connectivity index (χ0v) is 10.4. The van der Waals surface area contributed by atoms with Crippen molar-refractivity contribution in [3.8, 4) is 0 Å². The third-order valence-corrected chi connectivity index (χ3v) is 4.90. The van der Waals surface area contributed by atoms with E-state index < -0.39 is 0 Å². The highest BCUT2D eigenvalue weighted by molar-refractivity contribution is 7.99. The lowest BCUT2D eigenvalue weighted by molar-refractivity contribution is 0.412. The van der Waals surface area contributed by atoms with Crippen molar-refractivity contribution in [3.05, 3.63) is 35.4 Å². The molecule has 16 heavy (non-hydrogen) atoms. The molecule has 1 nitrogen and oxygen atoms in total. The van der Waals surface area contributed by atoms with Crippen LogP contribution in [-0.2, 0) is 6.42 Å². The first kappa shape index (κ1) is 10.7. The maximum atomic E-state index is 3.85. The summed E-state index contributed by atoms with van der Waals surface area (Å²) in [4.78, 5) is 0. The van der Waals surface area contributed by atoms with Crippen molar-refractivity contribution in [1.82, 2.24) is 5.32 Å². The van der Waals surface area contributed by atoms with Crippen LogP contribution in [0.5, 0.6) is 0 Å². The largest absolute Gasteiger partial charge is 0.306 e. The van der Waals surface area contributed by atoms with Gasteiger partial charge in [-0.25, -0.2) is 0 Å². The van der Waals surface area contributed by atoms with Gasteiger partial charge in [-0.15, -0.1) is 0 Å². The number of nitrogens with one attached hydrogen (secondary N) is 1. The van der Waals surface area contributed by atoms with Crippen LogP contribution in [0.4, 0.5) is 0 Å². The molecule has 1 heterocycles. The molecule has 1 fully saturated rings. The highest BCUT2D eigenvalue weighted by Crippen LogP contribution is 2.31. The maximum Gasteiger partial charge on any atom is 0.0325 e. The standard InChI is InChI=1S/C14H19NS/c1-2-6-13-11(4-1)5-3-7-14(13)15-12-8-9-16-10-12/h1-2,4,6,12,14-15H,3,5,7-10H2. The summed E-state index contributed by atoms with van der Waals surface area (Å²) in [5.41, 5.74) is 3.13. The lowest BCUT2D eigenvalue weighted by Gasteiger charge is -2.28. The van der Waals surface area contributed by atoms with E-state index in [1.54, 1.807) is 11.1 Å². The Bertz CT molecular complexity index is 358. The third kappa shape index (κ3) is 2.14. The van der Waals surface area contributed by atoms with Crippen molar-refractivity contribution in [1.29, 1.82) is 0 Å². The van der Waals surface area contributed by atoms with E-state index in [0.29, 0.717) is 6.04 Å². The van der Waals surface area contributed by atoms with Crippen molar-refractivity contribution < 1.29 is 0 Å². The number of hydrogen-bond acceptors (Lipinski definition) is 2. The average molecular weight is 233 g/mol. The van der Waals surface area contributed by atoms with E-state index in [1.165, 1.54) is 37.2 Å². The van der Waals surface area contributed by atoms with E-state index in [0.717, 1.165) is 6.04 Å². The van der Waals surface area contributed by atoms with Gasteiger partial charge in [-0.2, -0.15) is 11.8 Å². The Hall–Kier alpha value is -0.470. The molecule has 1 aliphatic carbocycles. The Morgan fingerprint density at radius 2 is 2.12 bits per heavy atom. The van der Waals surface area contributed by atoms with Crippen LogP contribution < -0.4 is 5.32 Å². The zero-order valence-electron chi connectivity index (χ0n) is 9.61. The second kappa shape index (κ2) is 4.80. The second-order valence-corrected chi connectivity index (χ2v) is 6.02. The summed E-state index contributed by atoms with van der Waals surface area (Å²) >= 11 is 2.09. The van der Waals surface area contributed by atoms with Gasteiger partial charge in [0.25, 0.3) is 0 Å². The minimum absolute atomic E-state index is 0.619. The molecule has 1 aliphatic heterocycles. The van der Waals surface area contributed by atoms with Crippen molar-refractivity contribution in [2.75, 3.05) is 11.5 Å². The van der Waals surface area contributed by atoms with E-state index >= 15 is 0 Å². The van der Waals surface area contributed by atoms with Crippen molar-refractivity contribution in [2.45, 2.75) is 37.8 Å². The molecule has 0 amide bonds. The fourth-order valence-electron chi connectivity index (χ4n) is 2.88. The lowest BCUT2D eigenvalue weighted by atomic mass is 9.87. The van der Waals surface area contributed by atoms with Crippen LogP contribution in [0.1, 0.15) is 36.4 Å². The number of rotatable bonds is 2. The fourth-order valence-corrected chi connectivity index (χ4v) is 4.04. The summed E-state index contributed by atoms with van der Waals surface area (Å²) in [6, 6.07) is 10.3. The molecule has 0 spiro atoms. The van der Waals surface area contributed by atoms with Crippen LogP contribution in [0.2, 0.25) is 0 Å². The first-order valence-electron chi connectivity index (χ1n) is 6.35. The van der Waals surface area contributed by atoms with Crippen LogP contribution >= 0.6 is 11.8 Å². The molecule has 0 aromatic heterocycles. The lowest BCUT2D eigenvalue weighted by Crippen LogP contribution is -2.34. The van der Waals surface area contributed by atoms with Crippen LogP contribution in [0.15, 0.2) is 24.3 Å². The van der Waals surface area contributed by atoms with Gasteiger partial charge in [0.05, 0.1) is 0 Å². The zero-order chi connectivity index (χ0) is 10.8. The molecule has 3 rings (SSSR count). The Morgan fingerprint density at radius 1 is 1.19 bits per heavy atom. The third-order valence-electron chi connectivity index (χ3n) is 3.74. The SMILES string of the molecule is c1ccc2c(c1)CCCC2NC1CCSC1. The van der Waals surface area contributed by atoms with Gasteiger partial charge in [-0.3, -0.25) is 0 Å². The van der Waals surface area contributed by atoms with Crippen LogP contribution in [0.3, 0.4) is 0 Å². The summed E-state index contributed by atoms with van der Waals surface area (Å²) in [5, 5.41) is 3.85. The number of thioether (sulfide) groups is 1. The number of benzene rings is 1. The second-order valence-electron chi connectivity index (χ2n) is 4.87. The smallest absolute Gasteiger partial charge is 0.0325 e. The number of aryl methyl sites for hydroxylation is 1. The van der Waals surface area contributed by atoms with Gasteiger partial charge in [0.2, 0.25) is 0 Å². The quantitative estimate of drug-likeness (QED) is 0.842. The molecule has 0 saturated carbocycles. The van der Waals surface area contributed by atoms with Gasteiger partial charge in [0, 0.05) is 17.8 Å². The molecule has 1 saturated heterocycles. The van der Waals surface area contributed by atoms with Gasteiger partial charge >= 0.3 is 0 Å². The minimum Gasteiger partial charge on any atom is -0.306 e. The van der Waals surface area contributed by atoms with Crippen molar-refractivity contribution >= 4 is 11.8 Å². The molecule has 86 valence electrons. The van der Waals surface area contributed by atoms with Gasteiger partial charge in [0.1, 0.15) is 0 Å². The van der Waals surface area contributed by atoms with Crippen molar-refractivity contribution in [3.63, 3.8) is 0 Å². The topological polar surface area (TPSA) is 12.0 Å².